The minimum atomic E-state index is 0.449. The van der Waals surface area contributed by atoms with Gasteiger partial charge in [-0.2, -0.15) is 0 Å². The van der Waals surface area contributed by atoms with Crippen LogP contribution in [0.25, 0.3) is 22.4 Å². The molecule has 106 valence electrons. The molecule has 0 unspecified atom stereocenters. The number of fused-ring (bicyclic) bond motifs is 1. The third-order valence-corrected chi connectivity index (χ3v) is 3.94. The Balaban J connectivity index is 2.17. The highest BCUT2D eigenvalue weighted by Crippen LogP contribution is 2.28. The van der Waals surface area contributed by atoms with Crippen LogP contribution >= 0.6 is 27.5 Å². The fourth-order valence-corrected chi connectivity index (χ4v) is 2.92. The van der Waals surface area contributed by atoms with Crippen molar-refractivity contribution in [1.29, 1.82) is 0 Å². The Morgan fingerprint density at radius 1 is 1.10 bits per heavy atom. The van der Waals surface area contributed by atoms with E-state index in [9.17, 15) is 0 Å². The van der Waals surface area contributed by atoms with Crippen LogP contribution in [0, 0.1) is 0 Å². The molecule has 0 fully saturated rings. The predicted octanol–water partition coefficient (Wildman–Crippen LogP) is 5.06. The highest BCUT2D eigenvalue weighted by atomic mass is 79.9. The number of rotatable bonds is 3. The van der Waals surface area contributed by atoms with Crippen molar-refractivity contribution in [2.45, 2.75) is 19.8 Å². The van der Waals surface area contributed by atoms with Crippen LogP contribution in [0.15, 0.2) is 40.9 Å². The molecule has 0 N–H and O–H groups in total. The fourth-order valence-electron chi connectivity index (χ4n) is 2.20. The minimum Gasteiger partial charge on any atom is -0.243 e. The Morgan fingerprint density at radius 2 is 1.90 bits per heavy atom. The molecular formula is C16H13BrClN3. The van der Waals surface area contributed by atoms with Crippen molar-refractivity contribution in [3.63, 3.8) is 0 Å². The number of hydrogen-bond donors (Lipinski definition) is 0. The molecule has 5 heteroatoms. The maximum Gasteiger partial charge on any atom is 0.181 e. The van der Waals surface area contributed by atoms with Gasteiger partial charge in [0.05, 0.1) is 5.52 Å². The first kappa shape index (κ1) is 14.4. The van der Waals surface area contributed by atoms with E-state index in [0.29, 0.717) is 16.7 Å². The van der Waals surface area contributed by atoms with Gasteiger partial charge in [0.2, 0.25) is 0 Å². The summed E-state index contributed by atoms with van der Waals surface area (Å²) in [6.45, 7) is 2.11. The monoisotopic (exact) mass is 361 g/mol. The van der Waals surface area contributed by atoms with Crippen LogP contribution in [-0.4, -0.2) is 15.0 Å². The van der Waals surface area contributed by atoms with Crippen molar-refractivity contribution in [2.75, 3.05) is 0 Å². The summed E-state index contributed by atoms with van der Waals surface area (Å²) in [7, 11) is 0. The molecule has 0 aliphatic heterocycles. The van der Waals surface area contributed by atoms with E-state index in [4.69, 9.17) is 11.6 Å². The van der Waals surface area contributed by atoms with Crippen molar-refractivity contribution in [3.8, 4) is 11.5 Å². The molecule has 2 aromatic heterocycles. The van der Waals surface area contributed by atoms with E-state index in [-0.39, 0.29) is 0 Å². The summed E-state index contributed by atoms with van der Waals surface area (Å²) in [5.41, 5.74) is 2.57. The fraction of sp³-hybridized carbons (Fsp3) is 0.188. The lowest BCUT2D eigenvalue weighted by atomic mass is 10.2. The Kier molecular flexibility index (Phi) is 4.17. The van der Waals surface area contributed by atoms with Gasteiger partial charge in [-0.3, -0.25) is 0 Å². The van der Waals surface area contributed by atoms with E-state index >= 15 is 0 Å². The smallest absolute Gasteiger partial charge is 0.181 e. The highest BCUT2D eigenvalue weighted by molar-refractivity contribution is 9.10. The molecule has 0 saturated heterocycles. The molecule has 0 radical (unpaired) electrons. The zero-order chi connectivity index (χ0) is 14.8. The maximum absolute atomic E-state index is 6.11. The molecule has 0 bridgehead atoms. The number of benzene rings is 1. The van der Waals surface area contributed by atoms with E-state index in [1.54, 1.807) is 0 Å². The second-order valence-electron chi connectivity index (χ2n) is 4.77. The molecule has 2 heterocycles. The normalized spacial score (nSPS) is 11.0. The largest absolute Gasteiger partial charge is 0.243 e. The van der Waals surface area contributed by atoms with Gasteiger partial charge in [0.25, 0.3) is 0 Å². The van der Waals surface area contributed by atoms with Gasteiger partial charge < -0.3 is 0 Å². The maximum atomic E-state index is 6.11. The summed E-state index contributed by atoms with van der Waals surface area (Å²) in [5.74, 6) is 0.559. The third-order valence-electron chi connectivity index (χ3n) is 3.14. The molecule has 21 heavy (non-hydrogen) atoms. The van der Waals surface area contributed by atoms with E-state index in [1.807, 2.05) is 36.4 Å². The molecule has 3 rings (SSSR count). The minimum absolute atomic E-state index is 0.449. The van der Waals surface area contributed by atoms with Gasteiger partial charge in [-0.05, 0) is 40.5 Å². The van der Waals surface area contributed by atoms with E-state index in [1.165, 1.54) is 0 Å². The quantitative estimate of drug-likeness (QED) is 0.611. The number of aromatic nitrogens is 3. The topological polar surface area (TPSA) is 38.7 Å². The van der Waals surface area contributed by atoms with E-state index in [0.717, 1.165) is 33.9 Å². The van der Waals surface area contributed by atoms with Crippen LogP contribution in [0.4, 0.5) is 0 Å². The van der Waals surface area contributed by atoms with Crippen LogP contribution in [-0.2, 0) is 6.42 Å². The molecule has 0 atom stereocenters. The van der Waals surface area contributed by atoms with E-state index in [2.05, 4.69) is 37.8 Å². The second-order valence-corrected chi connectivity index (χ2v) is 6.01. The molecule has 0 amide bonds. The van der Waals surface area contributed by atoms with Gasteiger partial charge in [-0.15, -0.1) is 0 Å². The van der Waals surface area contributed by atoms with Gasteiger partial charge in [-0.1, -0.05) is 43.1 Å². The Hall–Kier alpha value is -1.52. The average Bonchev–Trinajstić information content (AvgIpc) is 2.46. The molecule has 3 nitrogen and oxygen atoms in total. The van der Waals surface area contributed by atoms with Gasteiger partial charge in [-0.25, -0.2) is 15.0 Å². The number of halogens is 2. The van der Waals surface area contributed by atoms with Crippen molar-refractivity contribution in [3.05, 3.63) is 51.7 Å². The van der Waals surface area contributed by atoms with Crippen LogP contribution in [0.2, 0.25) is 5.15 Å². The van der Waals surface area contributed by atoms with Crippen molar-refractivity contribution < 1.29 is 0 Å². The summed E-state index contributed by atoms with van der Waals surface area (Å²) >= 11 is 9.67. The lowest BCUT2D eigenvalue weighted by Crippen LogP contribution is -1.98. The number of para-hydroxylation sites is 1. The Morgan fingerprint density at radius 3 is 2.71 bits per heavy atom. The molecular weight excluding hydrogens is 350 g/mol. The lowest BCUT2D eigenvalue weighted by molar-refractivity contribution is 0.874. The lowest BCUT2D eigenvalue weighted by Gasteiger charge is -2.07. The first-order valence-electron chi connectivity index (χ1n) is 6.76. The zero-order valence-electron chi connectivity index (χ0n) is 11.5. The number of aryl methyl sites for hydroxylation is 1. The van der Waals surface area contributed by atoms with Crippen molar-refractivity contribution in [2.24, 2.45) is 0 Å². The Bertz CT molecular complexity index is 805. The predicted molar refractivity (Wildman–Crippen MR) is 89.5 cm³/mol. The first-order chi connectivity index (χ1) is 10.2. The molecule has 0 aliphatic carbocycles. The average molecular weight is 363 g/mol. The summed E-state index contributed by atoms with van der Waals surface area (Å²) in [6.07, 6.45) is 1.89. The summed E-state index contributed by atoms with van der Waals surface area (Å²) < 4.78 is 0.867. The van der Waals surface area contributed by atoms with Crippen molar-refractivity contribution in [1.82, 2.24) is 15.0 Å². The number of pyridine rings is 1. The van der Waals surface area contributed by atoms with Crippen LogP contribution < -0.4 is 0 Å². The molecule has 0 spiro atoms. The van der Waals surface area contributed by atoms with Gasteiger partial charge in [0, 0.05) is 15.6 Å². The summed E-state index contributed by atoms with van der Waals surface area (Å²) in [6, 6.07) is 11.8. The third kappa shape index (κ3) is 3.06. The van der Waals surface area contributed by atoms with Gasteiger partial charge in [0.15, 0.2) is 5.82 Å². The molecule has 3 aromatic rings. The van der Waals surface area contributed by atoms with Crippen LogP contribution in [0.5, 0.6) is 0 Å². The summed E-state index contributed by atoms with van der Waals surface area (Å²) in [5, 5.41) is 1.52. The zero-order valence-corrected chi connectivity index (χ0v) is 13.8. The SMILES string of the molecule is CCCc1cc(Cl)nc(-c2nc3ccccc3cc2Br)n1. The highest BCUT2D eigenvalue weighted by Gasteiger charge is 2.12. The summed E-state index contributed by atoms with van der Waals surface area (Å²) in [4.78, 5) is 13.5. The molecule has 0 aliphatic rings. The molecule has 0 saturated carbocycles. The van der Waals surface area contributed by atoms with Crippen LogP contribution in [0.1, 0.15) is 19.0 Å². The van der Waals surface area contributed by atoms with Crippen molar-refractivity contribution >= 4 is 38.4 Å². The number of nitrogens with zero attached hydrogens (tertiary/aromatic N) is 3. The molecule has 1 aromatic carbocycles. The van der Waals surface area contributed by atoms with E-state index < -0.39 is 0 Å². The second kappa shape index (κ2) is 6.08. The van der Waals surface area contributed by atoms with Gasteiger partial charge in [0.1, 0.15) is 10.8 Å². The van der Waals surface area contributed by atoms with Crippen LogP contribution in [0.3, 0.4) is 0 Å². The first-order valence-corrected chi connectivity index (χ1v) is 7.93. The Labute approximate surface area is 136 Å². The van der Waals surface area contributed by atoms with Gasteiger partial charge >= 0.3 is 0 Å². The standard InChI is InChI=1S/C16H13BrClN3/c1-2-5-11-9-14(18)21-16(19-11)15-12(17)8-10-6-3-4-7-13(10)20-15/h3-4,6-9H,2,5H2,1H3. The number of hydrogen-bond acceptors (Lipinski definition) is 3.